The lowest BCUT2D eigenvalue weighted by atomic mass is 10.3. The lowest BCUT2D eigenvalue weighted by Crippen LogP contribution is -2.07. The zero-order chi connectivity index (χ0) is 11.3. The predicted octanol–water partition coefficient (Wildman–Crippen LogP) is 5.73. The maximum Gasteiger partial charge on any atom is -0.00971 e. The summed E-state index contributed by atoms with van der Waals surface area (Å²) < 4.78 is 0. The van der Waals surface area contributed by atoms with Gasteiger partial charge in [0.05, 0.1) is 0 Å². The molecule has 2 heteroatoms. The number of allylic oxidation sites excluding steroid dienone is 1. The van der Waals surface area contributed by atoms with E-state index in [2.05, 4.69) is 55.4 Å². The lowest BCUT2D eigenvalue weighted by molar-refractivity contribution is 0.788. The van der Waals surface area contributed by atoms with E-state index in [1.165, 1.54) is 0 Å². The summed E-state index contributed by atoms with van der Waals surface area (Å²) in [6, 6.07) is 0. The standard InChI is InChI=1S/C12H24P2/c1-9(2)10-13(11(3,4)5)14(10)12(6,7)8/h1-8H3. The van der Waals surface area contributed by atoms with Gasteiger partial charge in [0.2, 0.25) is 0 Å². The van der Waals surface area contributed by atoms with E-state index in [-0.39, 0.29) is 15.2 Å². The van der Waals surface area contributed by atoms with Crippen LogP contribution >= 0.6 is 15.2 Å². The Hall–Kier alpha value is 0.600. The summed E-state index contributed by atoms with van der Waals surface area (Å²) >= 11 is 0. The van der Waals surface area contributed by atoms with Crippen molar-refractivity contribution in [3.63, 3.8) is 0 Å². The molecule has 1 fully saturated rings. The van der Waals surface area contributed by atoms with Crippen LogP contribution in [0.15, 0.2) is 10.6 Å². The normalized spacial score (nSPS) is 27.9. The topological polar surface area (TPSA) is 0 Å². The summed E-state index contributed by atoms with van der Waals surface area (Å²) in [5.74, 6) is 0. The highest BCUT2D eigenvalue weighted by molar-refractivity contribution is 8.52. The summed E-state index contributed by atoms with van der Waals surface area (Å²) in [6.07, 6.45) is 0. The Kier molecular flexibility index (Phi) is 3.23. The molecule has 0 saturated carbocycles. The Morgan fingerprint density at radius 3 is 1.14 bits per heavy atom. The van der Waals surface area contributed by atoms with E-state index in [4.69, 9.17) is 0 Å². The molecule has 1 aliphatic rings. The highest BCUT2D eigenvalue weighted by Gasteiger charge is 2.55. The molecule has 0 spiro atoms. The van der Waals surface area contributed by atoms with Crippen LogP contribution in [0, 0.1) is 0 Å². The van der Waals surface area contributed by atoms with Crippen molar-refractivity contribution >= 4 is 15.2 Å². The fourth-order valence-electron chi connectivity index (χ4n) is 1.80. The second-order valence-corrected chi connectivity index (χ2v) is 13.9. The van der Waals surface area contributed by atoms with Gasteiger partial charge >= 0.3 is 0 Å². The molecule has 0 radical (unpaired) electrons. The monoisotopic (exact) mass is 230 g/mol. The largest absolute Gasteiger partial charge is 0.0675 e. The van der Waals surface area contributed by atoms with E-state index < -0.39 is 0 Å². The van der Waals surface area contributed by atoms with Crippen LogP contribution in [0.5, 0.6) is 0 Å². The summed E-state index contributed by atoms with van der Waals surface area (Å²) in [5.41, 5.74) is 1.60. The highest BCUT2D eigenvalue weighted by atomic mass is 32.1. The van der Waals surface area contributed by atoms with Crippen molar-refractivity contribution in [2.24, 2.45) is 0 Å². The van der Waals surface area contributed by atoms with Gasteiger partial charge in [0.25, 0.3) is 0 Å². The van der Waals surface area contributed by atoms with Crippen molar-refractivity contribution < 1.29 is 0 Å². The summed E-state index contributed by atoms with van der Waals surface area (Å²) in [7, 11) is 0.397. The second-order valence-electron chi connectivity index (χ2n) is 6.29. The van der Waals surface area contributed by atoms with E-state index >= 15 is 0 Å². The first-order valence-corrected chi connectivity index (χ1v) is 8.73. The minimum atomic E-state index is 0.199. The molecular weight excluding hydrogens is 206 g/mol. The fraction of sp³-hybridized carbons (Fsp3) is 0.833. The van der Waals surface area contributed by atoms with Gasteiger partial charge in [-0.25, -0.2) is 0 Å². The molecule has 82 valence electrons. The minimum absolute atomic E-state index is 0.199. The van der Waals surface area contributed by atoms with Crippen LogP contribution in [0.1, 0.15) is 55.4 Å². The van der Waals surface area contributed by atoms with Crippen molar-refractivity contribution in [1.82, 2.24) is 0 Å². The van der Waals surface area contributed by atoms with Gasteiger partial charge < -0.3 is 0 Å². The SMILES string of the molecule is CC(C)=C1P(C(C)(C)C)P1C(C)(C)C. The minimum Gasteiger partial charge on any atom is -0.0675 e. The summed E-state index contributed by atoms with van der Waals surface area (Å²) in [6.45, 7) is 19.1. The molecule has 1 aliphatic heterocycles. The molecule has 0 N–H and O–H groups in total. The van der Waals surface area contributed by atoms with E-state index in [0.717, 1.165) is 0 Å². The first kappa shape index (κ1) is 12.7. The zero-order valence-electron chi connectivity index (χ0n) is 10.9. The highest BCUT2D eigenvalue weighted by Crippen LogP contribution is 3.06. The van der Waals surface area contributed by atoms with Gasteiger partial charge in [-0.2, -0.15) is 0 Å². The van der Waals surface area contributed by atoms with E-state index in [1.807, 2.05) is 5.06 Å². The van der Waals surface area contributed by atoms with E-state index in [9.17, 15) is 0 Å². The predicted molar refractivity (Wildman–Crippen MR) is 71.7 cm³/mol. The number of rotatable bonds is 0. The third-order valence-electron chi connectivity index (χ3n) is 2.28. The number of hydrogen-bond acceptors (Lipinski definition) is 0. The van der Waals surface area contributed by atoms with Crippen molar-refractivity contribution in [1.29, 1.82) is 0 Å². The molecule has 0 aromatic rings. The Balaban J connectivity index is 2.98. The van der Waals surface area contributed by atoms with Gasteiger partial charge in [0, 0.05) is 0 Å². The van der Waals surface area contributed by atoms with Gasteiger partial charge in [0.1, 0.15) is 0 Å². The summed E-state index contributed by atoms with van der Waals surface area (Å²) in [5, 5.41) is 2.91. The Bertz CT molecular complexity index is 237. The maximum atomic E-state index is 2.41. The third kappa shape index (κ3) is 2.40. The quantitative estimate of drug-likeness (QED) is 0.466. The maximum absolute atomic E-state index is 2.41. The Morgan fingerprint density at radius 1 is 0.786 bits per heavy atom. The molecule has 2 atom stereocenters. The van der Waals surface area contributed by atoms with Crippen LogP contribution in [0.25, 0.3) is 0 Å². The molecule has 1 saturated heterocycles. The molecule has 0 aromatic heterocycles. The number of hydrogen-bond donors (Lipinski definition) is 0. The molecule has 0 amide bonds. The van der Waals surface area contributed by atoms with E-state index in [1.54, 1.807) is 5.57 Å². The van der Waals surface area contributed by atoms with Gasteiger partial charge in [-0.05, 0) is 44.4 Å². The van der Waals surface area contributed by atoms with Gasteiger partial charge in [-0.3, -0.25) is 0 Å². The summed E-state index contributed by atoms with van der Waals surface area (Å²) in [4.78, 5) is 0. The zero-order valence-corrected chi connectivity index (χ0v) is 12.7. The van der Waals surface area contributed by atoms with Gasteiger partial charge in [-0.15, -0.1) is 0 Å². The first-order chi connectivity index (χ1) is 6.07. The van der Waals surface area contributed by atoms with Crippen molar-refractivity contribution in [3.05, 3.63) is 10.6 Å². The molecular formula is C12H24P2. The third-order valence-corrected chi connectivity index (χ3v) is 13.1. The smallest absolute Gasteiger partial charge is 0.00971 e. The molecule has 0 aliphatic carbocycles. The fourth-order valence-corrected chi connectivity index (χ4v) is 13.7. The first-order valence-electron chi connectivity index (χ1n) is 5.34. The van der Waals surface area contributed by atoms with Crippen LogP contribution in [0.2, 0.25) is 0 Å². The molecule has 1 heterocycles. The van der Waals surface area contributed by atoms with Crippen molar-refractivity contribution in [2.75, 3.05) is 0 Å². The second kappa shape index (κ2) is 3.57. The lowest BCUT2D eigenvalue weighted by Gasteiger charge is -2.23. The van der Waals surface area contributed by atoms with Crippen LogP contribution in [-0.2, 0) is 0 Å². The van der Waals surface area contributed by atoms with Crippen LogP contribution < -0.4 is 0 Å². The van der Waals surface area contributed by atoms with E-state index in [0.29, 0.717) is 10.3 Å². The Morgan fingerprint density at radius 2 is 1.07 bits per heavy atom. The van der Waals surface area contributed by atoms with Crippen LogP contribution in [-0.4, -0.2) is 10.3 Å². The van der Waals surface area contributed by atoms with Crippen molar-refractivity contribution in [2.45, 2.75) is 65.7 Å². The molecule has 0 aromatic carbocycles. The molecule has 0 nitrogen and oxygen atoms in total. The van der Waals surface area contributed by atoms with Gasteiger partial charge in [-0.1, -0.05) is 47.1 Å². The Labute approximate surface area is 92.0 Å². The van der Waals surface area contributed by atoms with Crippen molar-refractivity contribution in [3.8, 4) is 0 Å². The molecule has 2 unspecified atom stereocenters. The molecule has 1 rings (SSSR count). The average molecular weight is 230 g/mol. The molecule has 14 heavy (non-hydrogen) atoms. The van der Waals surface area contributed by atoms with Gasteiger partial charge in [0.15, 0.2) is 0 Å². The molecule has 0 bridgehead atoms. The average Bonchev–Trinajstić information content (AvgIpc) is 2.54. The van der Waals surface area contributed by atoms with Crippen LogP contribution in [0.3, 0.4) is 0 Å². The van der Waals surface area contributed by atoms with Crippen LogP contribution in [0.4, 0.5) is 0 Å².